The molecule has 0 unspecified atom stereocenters. The van der Waals surface area contributed by atoms with Crippen molar-refractivity contribution < 1.29 is 18.0 Å². The average molecular weight is 234 g/mol. The van der Waals surface area contributed by atoms with E-state index in [0.717, 1.165) is 24.3 Å². The molecule has 0 spiro atoms. The Labute approximate surface area is 89.7 Å². The number of halogens is 3. The first-order valence-corrected chi connectivity index (χ1v) is 5.28. The zero-order valence-electron chi connectivity index (χ0n) is 7.97. The Morgan fingerprint density at radius 2 is 1.87 bits per heavy atom. The minimum absolute atomic E-state index is 0.139. The van der Waals surface area contributed by atoms with Crippen molar-refractivity contribution in [2.75, 3.05) is 5.75 Å². The lowest BCUT2D eigenvalue weighted by Crippen LogP contribution is -2.24. The third kappa shape index (κ3) is 2.99. The Bertz CT molecular complexity index is 348. The average Bonchev–Trinajstić information content (AvgIpc) is 2.18. The van der Waals surface area contributed by atoms with Crippen LogP contribution >= 0.6 is 11.8 Å². The highest BCUT2D eigenvalue weighted by atomic mass is 32.2. The zero-order valence-corrected chi connectivity index (χ0v) is 8.78. The van der Waals surface area contributed by atoms with Gasteiger partial charge in [-0.2, -0.15) is 8.78 Å². The molecule has 0 saturated carbocycles. The summed E-state index contributed by atoms with van der Waals surface area (Å²) < 4.78 is 38.7. The summed E-state index contributed by atoms with van der Waals surface area (Å²) in [6, 6.07) is 4.09. The van der Waals surface area contributed by atoms with Gasteiger partial charge in [-0.05, 0) is 30.0 Å². The van der Waals surface area contributed by atoms with Crippen LogP contribution in [0.3, 0.4) is 0 Å². The minimum atomic E-state index is -3.44. The van der Waals surface area contributed by atoms with Crippen molar-refractivity contribution in [2.24, 2.45) is 0 Å². The van der Waals surface area contributed by atoms with E-state index in [-0.39, 0.29) is 23.1 Å². The number of alkyl halides is 2. The van der Waals surface area contributed by atoms with Crippen LogP contribution in [-0.2, 0) is 0 Å². The second-order valence-electron chi connectivity index (χ2n) is 2.79. The van der Waals surface area contributed by atoms with Gasteiger partial charge in [0.1, 0.15) is 5.82 Å². The maximum absolute atomic E-state index is 13.1. The van der Waals surface area contributed by atoms with Gasteiger partial charge >= 0.3 is 5.25 Å². The summed E-state index contributed by atoms with van der Waals surface area (Å²) >= 11 is 0.264. The lowest BCUT2D eigenvalue weighted by Gasteiger charge is -2.12. The summed E-state index contributed by atoms with van der Waals surface area (Å²) in [5.41, 5.74) is -0.178. The van der Waals surface area contributed by atoms with Crippen molar-refractivity contribution in [1.82, 2.24) is 0 Å². The number of thioether (sulfide) groups is 1. The van der Waals surface area contributed by atoms with E-state index in [1.165, 1.54) is 6.92 Å². The molecule has 0 heterocycles. The van der Waals surface area contributed by atoms with Crippen molar-refractivity contribution in [3.05, 3.63) is 35.6 Å². The number of carbonyl (C=O) groups is 1. The predicted octanol–water partition coefficient (Wildman–Crippen LogP) is 3.35. The first-order valence-electron chi connectivity index (χ1n) is 4.29. The van der Waals surface area contributed by atoms with Crippen LogP contribution in [0.25, 0.3) is 0 Å². The fourth-order valence-electron chi connectivity index (χ4n) is 1.02. The molecule has 15 heavy (non-hydrogen) atoms. The van der Waals surface area contributed by atoms with Gasteiger partial charge in [-0.3, -0.25) is 4.79 Å². The van der Waals surface area contributed by atoms with E-state index in [2.05, 4.69) is 0 Å². The van der Waals surface area contributed by atoms with Crippen LogP contribution in [0.2, 0.25) is 0 Å². The van der Waals surface area contributed by atoms with Crippen molar-refractivity contribution >= 4 is 17.5 Å². The molecule has 0 aliphatic heterocycles. The van der Waals surface area contributed by atoms with E-state index >= 15 is 0 Å². The first kappa shape index (κ1) is 12.1. The summed E-state index contributed by atoms with van der Waals surface area (Å²) in [5.74, 6) is -1.70. The van der Waals surface area contributed by atoms with E-state index in [0.29, 0.717) is 0 Å². The van der Waals surface area contributed by atoms with Gasteiger partial charge in [0.2, 0.25) is 5.78 Å². The minimum Gasteiger partial charge on any atom is -0.286 e. The Kier molecular flexibility index (Phi) is 3.79. The molecule has 1 aromatic rings. The third-order valence-corrected chi connectivity index (χ3v) is 2.53. The standard InChI is InChI=1S/C10H9F3OS/c1-2-15-10(12,13)9(14)7-3-5-8(11)6-4-7/h3-6H,2H2,1H3. The number of Topliss-reactive ketones (excluding diaryl/α,β-unsaturated/α-hetero) is 1. The Morgan fingerprint density at radius 1 is 1.33 bits per heavy atom. The molecule has 0 atom stereocenters. The number of benzene rings is 1. The maximum atomic E-state index is 13.1. The number of ketones is 1. The van der Waals surface area contributed by atoms with Gasteiger partial charge in [-0.15, -0.1) is 0 Å². The predicted molar refractivity (Wildman–Crippen MR) is 53.8 cm³/mol. The lowest BCUT2D eigenvalue weighted by atomic mass is 10.1. The Hall–Kier alpha value is -0.970. The number of hydrogen-bond acceptors (Lipinski definition) is 2. The van der Waals surface area contributed by atoms with Crippen LogP contribution in [-0.4, -0.2) is 16.8 Å². The highest BCUT2D eigenvalue weighted by Gasteiger charge is 2.39. The molecule has 0 aromatic heterocycles. The number of carbonyl (C=O) groups excluding carboxylic acids is 1. The van der Waals surface area contributed by atoms with Crippen molar-refractivity contribution in [1.29, 1.82) is 0 Å². The molecule has 1 nitrogen and oxygen atoms in total. The zero-order chi connectivity index (χ0) is 11.5. The number of hydrogen-bond donors (Lipinski definition) is 0. The summed E-state index contributed by atoms with van der Waals surface area (Å²) in [6.07, 6.45) is 0. The molecule has 1 rings (SSSR count). The van der Waals surface area contributed by atoms with Gasteiger partial charge in [0.05, 0.1) is 0 Å². The third-order valence-electron chi connectivity index (χ3n) is 1.70. The van der Waals surface area contributed by atoms with Gasteiger partial charge in [0.25, 0.3) is 0 Å². The molecule has 0 saturated heterocycles. The molecule has 0 aliphatic rings. The van der Waals surface area contributed by atoms with E-state index in [1.54, 1.807) is 0 Å². The summed E-state index contributed by atoms with van der Waals surface area (Å²) in [5, 5.41) is -3.44. The Morgan fingerprint density at radius 3 is 2.33 bits per heavy atom. The summed E-state index contributed by atoms with van der Waals surface area (Å²) in [7, 11) is 0. The lowest BCUT2D eigenvalue weighted by molar-refractivity contribution is 0.0567. The molecule has 82 valence electrons. The molecule has 0 aliphatic carbocycles. The molecular weight excluding hydrogens is 225 g/mol. The smallest absolute Gasteiger partial charge is 0.286 e. The van der Waals surface area contributed by atoms with Crippen molar-refractivity contribution in [3.8, 4) is 0 Å². The second-order valence-corrected chi connectivity index (χ2v) is 4.16. The van der Waals surface area contributed by atoms with Crippen LogP contribution in [0.5, 0.6) is 0 Å². The van der Waals surface area contributed by atoms with Crippen LogP contribution in [0.1, 0.15) is 17.3 Å². The van der Waals surface area contributed by atoms with Crippen LogP contribution in [0.15, 0.2) is 24.3 Å². The summed E-state index contributed by atoms with van der Waals surface area (Å²) in [4.78, 5) is 11.3. The maximum Gasteiger partial charge on any atom is 0.355 e. The molecule has 0 bridgehead atoms. The SMILES string of the molecule is CCSC(F)(F)C(=O)c1ccc(F)cc1. The van der Waals surface area contributed by atoms with Crippen LogP contribution in [0.4, 0.5) is 13.2 Å². The quantitative estimate of drug-likeness (QED) is 0.743. The van der Waals surface area contributed by atoms with Gasteiger partial charge < -0.3 is 0 Å². The molecule has 0 fully saturated rings. The Balaban J connectivity index is 2.89. The monoisotopic (exact) mass is 234 g/mol. The molecule has 0 radical (unpaired) electrons. The van der Waals surface area contributed by atoms with E-state index in [4.69, 9.17) is 0 Å². The van der Waals surface area contributed by atoms with Gasteiger partial charge in [-0.1, -0.05) is 18.7 Å². The first-order chi connectivity index (χ1) is 6.97. The van der Waals surface area contributed by atoms with Crippen LogP contribution < -0.4 is 0 Å². The molecular formula is C10H9F3OS. The highest BCUT2D eigenvalue weighted by Crippen LogP contribution is 2.32. The molecule has 0 N–H and O–H groups in total. The van der Waals surface area contributed by atoms with E-state index < -0.39 is 16.9 Å². The van der Waals surface area contributed by atoms with Gasteiger partial charge in [0.15, 0.2) is 0 Å². The van der Waals surface area contributed by atoms with Crippen LogP contribution in [0, 0.1) is 5.82 Å². The molecule has 1 aromatic carbocycles. The normalized spacial score (nSPS) is 11.5. The highest BCUT2D eigenvalue weighted by molar-refractivity contribution is 8.01. The van der Waals surface area contributed by atoms with Crippen molar-refractivity contribution in [3.63, 3.8) is 0 Å². The van der Waals surface area contributed by atoms with Gasteiger partial charge in [-0.25, -0.2) is 4.39 Å². The largest absolute Gasteiger partial charge is 0.355 e. The fourth-order valence-corrected chi connectivity index (χ4v) is 1.63. The molecule has 0 amide bonds. The fraction of sp³-hybridized carbons (Fsp3) is 0.300. The second kappa shape index (κ2) is 4.70. The molecule has 5 heteroatoms. The van der Waals surface area contributed by atoms with E-state index in [9.17, 15) is 18.0 Å². The van der Waals surface area contributed by atoms with E-state index in [1.807, 2.05) is 0 Å². The number of rotatable bonds is 4. The van der Waals surface area contributed by atoms with Crippen molar-refractivity contribution in [2.45, 2.75) is 12.2 Å². The van der Waals surface area contributed by atoms with Gasteiger partial charge in [0, 0.05) is 5.56 Å². The topological polar surface area (TPSA) is 17.1 Å². The summed E-state index contributed by atoms with van der Waals surface area (Å²) in [6.45, 7) is 1.54.